The fourth-order valence-electron chi connectivity index (χ4n) is 4.18. The number of aliphatic hydroxyl groups is 1. The third-order valence-electron chi connectivity index (χ3n) is 6.44. The van der Waals surface area contributed by atoms with Crippen molar-refractivity contribution in [3.63, 3.8) is 0 Å². The first-order valence-corrected chi connectivity index (χ1v) is 14.7. The number of benzene rings is 2. The van der Waals surface area contributed by atoms with Crippen LogP contribution in [0.1, 0.15) is 45.4 Å². The first kappa shape index (κ1) is 29.7. The van der Waals surface area contributed by atoms with Gasteiger partial charge in [-0.3, -0.25) is 0 Å². The standard InChI is InChI=1S/C27H40N4O6S/c1-2-3-4-5-16-28-27(34)30-22-6-12-26(13-7-22)38(35,36)31-17-14-21(15-18-31)29-19-24(33)20-37-25-10-8-23(32)9-11-25/h6-13,21,24,29,32-33H,2-5,14-20H2,1H3,(H2,28,30,34)/t24-/m0/s1. The van der Waals surface area contributed by atoms with Crippen molar-refractivity contribution in [1.82, 2.24) is 14.9 Å². The lowest BCUT2D eigenvalue weighted by molar-refractivity contribution is 0.101. The Bertz CT molecular complexity index is 1090. The number of hydrogen-bond donors (Lipinski definition) is 5. The van der Waals surface area contributed by atoms with Crippen LogP contribution in [0.5, 0.6) is 11.5 Å². The van der Waals surface area contributed by atoms with E-state index in [0.717, 1.165) is 25.7 Å². The quantitative estimate of drug-likeness (QED) is 0.228. The van der Waals surface area contributed by atoms with E-state index in [4.69, 9.17) is 4.74 Å². The fraction of sp³-hybridized carbons (Fsp3) is 0.519. The summed E-state index contributed by atoms with van der Waals surface area (Å²) in [5, 5.41) is 28.3. The van der Waals surface area contributed by atoms with E-state index in [1.807, 2.05) is 0 Å². The van der Waals surface area contributed by atoms with Crippen LogP contribution in [-0.2, 0) is 10.0 Å². The van der Waals surface area contributed by atoms with E-state index in [-0.39, 0.29) is 29.3 Å². The van der Waals surface area contributed by atoms with Gasteiger partial charge in [-0.15, -0.1) is 0 Å². The molecule has 0 saturated carbocycles. The van der Waals surface area contributed by atoms with E-state index < -0.39 is 16.1 Å². The minimum Gasteiger partial charge on any atom is -0.508 e. The highest BCUT2D eigenvalue weighted by molar-refractivity contribution is 7.89. The molecule has 11 heteroatoms. The van der Waals surface area contributed by atoms with Crippen LogP contribution in [0.25, 0.3) is 0 Å². The van der Waals surface area contributed by atoms with Crippen molar-refractivity contribution in [3.8, 4) is 11.5 Å². The molecular weight excluding hydrogens is 508 g/mol. The Morgan fingerprint density at radius 1 is 1.05 bits per heavy atom. The normalized spacial score (nSPS) is 15.6. The molecule has 1 heterocycles. The number of phenolic OH excluding ortho intramolecular Hbond substituents is 1. The molecule has 0 aliphatic carbocycles. The van der Waals surface area contributed by atoms with Gasteiger partial charge in [0.2, 0.25) is 10.0 Å². The molecule has 1 saturated heterocycles. The number of piperidine rings is 1. The first-order chi connectivity index (χ1) is 18.3. The van der Waals surface area contributed by atoms with E-state index >= 15 is 0 Å². The summed E-state index contributed by atoms with van der Waals surface area (Å²) in [6, 6.07) is 12.3. The number of hydrogen-bond acceptors (Lipinski definition) is 7. The van der Waals surface area contributed by atoms with Gasteiger partial charge in [0.05, 0.1) is 4.90 Å². The van der Waals surface area contributed by atoms with Crippen LogP contribution in [0.2, 0.25) is 0 Å². The maximum Gasteiger partial charge on any atom is 0.319 e. The molecule has 1 fully saturated rings. The Morgan fingerprint density at radius 2 is 1.74 bits per heavy atom. The van der Waals surface area contributed by atoms with Crippen LogP contribution >= 0.6 is 0 Å². The molecule has 2 aromatic carbocycles. The highest BCUT2D eigenvalue weighted by Crippen LogP contribution is 2.22. The van der Waals surface area contributed by atoms with E-state index in [0.29, 0.717) is 50.5 Å². The maximum atomic E-state index is 13.1. The number of rotatable bonds is 14. The van der Waals surface area contributed by atoms with Crippen LogP contribution in [-0.4, -0.2) is 73.9 Å². The average Bonchev–Trinajstić information content (AvgIpc) is 2.92. The molecule has 2 amide bonds. The molecule has 0 bridgehead atoms. The first-order valence-electron chi connectivity index (χ1n) is 13.3. The molecular formula is C27H40N4O6S. The molecule has 210 valence electrons. The molecule has 0 radical (unpaired) electrons. The maximum absolute atomic E-state index is 13.1. The molecule has 0 aromatic heterocycles. The molecule has 10 nitrogen and oxygen atoms in total. The molecule has 1 atom stereocenters. The zero-order chi connectivity index (χ0) is 27.4. The molecule has 5 N–H and O–H groups in total. The van der Waals surface area contributed by atoms with E-state index in [1.54, 1.807) is 24.3 Å². The molecule has 1 aliphatic heterocycles. The van der Waals surface area contributed by atoms with Crippen LogP contribution in [0.4, 0.5) is 10.5 Å². The third-order valence-corrected chi connectivity index (χ3v) is 8.35. The zero-order valence-corrected chi connectivity index (χ0v) is 22.8. The minimum absolute atomic E-state index is 0.0943. The van der Waals surface area contributed by atoms with Gasteiger partial charge in [0.1, 0.15) is 24.2 Å². The van der Waals surface area contributed by atoms with Gasteiger partial charge in [0.25, 0.3) is 0 Å². The molecule has 0 spiro atoms. The van der Waals surface area contributed by atoms with Crippen molar-refractivity contribution in [2.45, 2.75) is 62.5 Å². The summed E-state index contributed by atoms with van der Waals surface area (Å²) < 4.78 is 33.2. The van der Waals surface area contributed by atoms with Crippen molar-refractivity contribution >= 4 is 21.7 Å². The van der Waals surface area contributed by atoms with Crippen LogP contribution < -0.4 is 20.7 Å². The predicted molar refractivity (Wildman–Crippen MR) is 147 cm³/mol. The summed E-state index contributed by atoms with van der Waals surface area (Å²) in [5.41, 5.74) is 0.533. The second kappa shape index (κ2) is 14.9. The van der Waals surface area contributed by atoms with Gasteiger partial charge in [0, 0.05) is 37.9 Å². The molecule has 2 aromatic rings. The number of ether oxygens (including phenoxy) is 1. The highest BCUT2D eigenvalue weighted by atomic mass is 32.2. The van der Waals surface area contributed by atoms with Gasteiger partial charge in [-0.1, -0.05) is 26.2 Å². The lowest BCUT2D eigenvalue weighted by Crippen LogP contribution is -2.47. The molecule has 38 heavy (non-hydrogen) atoms. The lowest BCUT2D eigenvalue weighted by Gasteiger charge is -2.32. The second-order valence-electron chi connectivity index (χ2n) is 9.51. The average molecular weight is 549 g/mol. The van der Waals surface area contributed by atoms with Crippen LogP contribution in [0, 0.1) is 0 Å². The lowest BCUT2D eigenvalue weighted by atomic mass is 10.1. The number of aromatic hydroxyl groups is 1. The summed E-state index contributed by atoms with van der Waals surface area (Å²) in [4.78, 5) is 12.2. The van der Waals surface area contributed by atoms with Crippen molar-refractivity contribution < 1.29 is 28.2 Å². The van der Waals surface area contributed by atoms with Crippen molar-refractivity contribution in [1.29, 1.82) is 0 Å². The van der Waals surface area contributed by atoms with E-state index in [9.17, 15) is 23.4 Å². The summed E-state index contributed by atoms with van der Waals surface area (Å²) in [6.45, 7) is 3.93. The Hall–Kier alpha value is -2.86. The van der Waals surface area contributed by atoms with E-state index in [1.165, 1.54) is 28.6 Å². The number of sulfonamides is 1. The summed E-state index contributed by atoms with van der Waals surface area (Å²) >= 11 is 0. The van der Waals surface area contributed by atoms with Gasteiger partial charge >= 0.3 is 6.03 Å². The van der Waals surface area contributed by atoms with Gasteiger partial charge < -0.3 is 30.9 Å². The number of urea groups is 1. The van der Waals surface area contributed by atoms with Crippen LogP contribution in [0.3, 0.4) is 0 Å². The van der Waals surface area contributed by atoms with Gasteiger partial charge in [-0.2, -0.15) is 4.31 Å². The Kier molecular flexibility index (Phi) is 11.7. The van der Waals surface area contributed by atoms with Crippen molar-refractivity contribution in [3.05, 3.63) is 48.5 Å². The van der Waals surface area contributed by atoms with Crippen molar-refractivity contribution in [2.75, 3.05) is 38.1 Å². The van der Waals surface area contributed by atoms with Crippen LogP contribution in [0.15, 0.2) is 53.4 Å². The highest BCUT2D eigenvalue weighted by Gasteiger charge is 2.29. The molecule has 1 aliphatic rings. The second-order valence-corrected chi connectivity index (χ2v) is 11.4. The van der Waals surface area contributed by atoms with Crippen molar-refractivity contribution in [2.24, 2.45) is 0 Å². The zero-order valence-electron chi connectivity index (χ0n) is 21.9. The topological polar surface area (TPSA) is 140 Å². The number of carbonyl (C=O) groups excluding carboxylic acids is 1. The van der Waals surface area contributed by atoms with Gasteiger partial charge in [-0.25, -0.2) is 13.2 Å². The Labute approximate surface area is 225 Å². The van der Waals surface area contributed by atoms with Gasteiger partial charge in [0.15, 0.2) is 0 Å². The summed E-state index contributed by atoms with van der Waals surface area (Å²) in [5.74, 6) is 0.708. The molecule has 0 unspecified atom stereocenters. The minimum atomic E-state index is -3.64. The number of nitrogens with zero attached hydrogens (tertiary/aromatic N) is 1. The number of nitrogens with one attached hydrogen (secondary N) is 3. The number of amides is 2. The fourth-order valence-corrected chi connectivity index (χ4v) is 5.65. The number of anilines is 1. The Morgan fingerprint density at radius 3 is 2.39 bits per heavy atom. The molecule has 3 rings (SSSR count). The summed E-state index contributed by atoms with van der Waals surface area (Å²) in [6.07, 6.45) is 4.83. The van der Waals surface area contributed by atoms with Gasteiger partial charge in [-0.05, 0) is 67.8 Å². The number of phenols is 1. The largest absolute Gasteiger partial charge is 0.508 e. The Balaban J connectivity index is 1.38. The predicted octanol–water partition coefficient (Wildman–Crippen LogP) is 3.28. The third kappa shape index (κ3) is 9.46. The number of aliphatic hydroxyl groups excluding tert-OH is 1. The summed E-state index contributed by atoms with van der Waals surface area (Å²) in [7, 11) is -3.64. The smallest absolute Gasteiger partial charge is 0.319 e. The SMILES string of the molecule is CCCCCCNC(=O)Nc1ccc(S(=O)(=O)N2CCC(NC[C@H](O)COc3ccc(O)cc3)CC2)cc1. The number of unbranched alkanes of at least 4 members (excludes halogenated alkanes) is 3. The number of carbonyl (C=O) groups is 1. The monoisotopic (exact) mass is 548 g/mol. The van der Waals surface area contributed by atoms with E-state index in [2.05, 4.69) is 22.9 Å².